The van der Waals surface area contributed by atoms with Gasteiger partial charge < -0.3 is 10.1 Å². The first kappa shape index (κ1) is 16.0. The molecule has 102 valence electrons. The van der Waals surface area contributed by atoms with E-state index in [1.165, 1.54) is 0 Å². The lowest BCUT2D eigenvalue weighted by Crippen LogP contribution is -2.27. The fourth-order valence-electron chi connectivity index (χ4n) is 1.66. The van der Waals surface area contributed by atoms with E-state index in [2.05, 4.69) is 28.2 Å². The van der Waals surface area contributed by atoms with Gasteiger partial charge in [0.2, 0.25) is 0 Å². The number of ether oxygens (including phenoxy) is 1. The standard InChI is InChI=1S/C14H21BrClNO/c1-4-8-17-13(9-18-10(2)3)11-6-5-7-12(15)14(11)16/h5-7,10,13,17H,4,8-9H2,1-3H3. The first-order chi connectivity index (χ1) is 8.56. The number of hydrogen-bond acceptors (Lipinski definition) is 2. The zero-order valence-corrected chi connectivity index (χ0v) is 13.5. The van der Waals surface area contributed by atoms with Crippen molar-refractivity contribution in [1.82, 2.24) is 5.32 Å². The first-order valence-electron chi connectivity index (χ1n) is 6.35. The Bertz CT molecular complexity index is 371. The van der Waals surface area contributed by atoms with Gasteiger partial charge in [-0.1, -0.05) is 30.7 Å². The van der Waals surface area contributed by atoms with Crippen LogP contribution in [0.2, 0.25) is 5.02 Å². The third-order valence-electron chi connectivity index (χ3n) is 2.59. The second-order valence-corrected chi connectivity index (χ2v) is 5.76. The lowest BCUT2D eigenvalue weighted by atomic mass is 10.1. The molecule has 2 nitrogen and oxygen atoms in total. The normalized spacial score (nSPS) is 13.0. The van der Waals surface area contributed by atoms with Crippen LogP contribution in [0.5, 0.6) is 0 Å². The van der Waals surface area contributed by atoms with Gasteiger partial charge in [-0.2, -0.15) is 0 Å². The summed E-state index contributed by atoms with van der Waals surface area (Å²) in [5.41, 5.74) is 1.08. The minimum Gasteiger partial charge on any atom is -0.377 e. The Kier molecular flexibility index (Phi) is 7.23. The largest absolute Gasteiger partial charge is 0.377 e. The summed E-state index contributed by atoms with van der Waals surface area (Å²) in [7, 11) is 0. The summed E-state index contributed by atoms with van der Waals surface area (Å²) in [5, 5.41) is 4.24. The van der Waals surface area contributed by atoms with Crippen LogP contribution in [0.4, 0.5) is 0 Å². The lowest BCUT2D eigenvalue weighted by molar-refractivity contribution is 0.0611. The van der Waals surface area contributed by atoms with Crippen molar-refractivity contribution in [3.8, 4) is 0 Å². The summed E-state index contributed by atoms with van der Waals surface area (Å²) in [4.78, 5) is 0. The van der Waals surface area contributed by atoms with E-state index in [1.807, 2.05) is 32.0 Å². The molecule has 0 amide bonds. The van der Waals surface area contributed by atoms with Crippen molar-refractivity contribution >= 4 is 27.5 Å². The molecule has 0 fully saturated rings. The zero-order valence-electron chi connectivity index (χ0n) is 11.2. The Hall–Kier alpha value is -0.0900. The average molecular weight is 335 g/mol. The van der Waals surface area contributed by atoms with Crippen LogP contribution in [0.1, 0.15) is 38.8 Å². The van der Waals surface area contributed by atoms with Gasteiger partial charge in [0.1, 0.15) is 0 Å². The van der Waals surface area contributed by atoms with Crippen molar-refractivity contribution in [3.05, 3.63) is 33.3 Å². The van der Waals surface area contributed by atoms with Gasteiger partial charge in [-0.25, -0.2) is 0 Å². The highest BCUT2D eigenvalue weighted by molar-refractivity contribution is 9.10. The van der Waals surface area contributed by atoms with Crippen LogP contribution in [-0.2, 0) is 4.74 Å². The van der Waals surface area contributed by atoms with Crippen LogP contribution in [0.3, 0.4) is 0 Å². The summed E-state index contributed by atoms with van der Waals surface area (Å²) in [6.07, 6.45) is 1.31. The summed E-state index contributed by atoms with van der Waals surface area (Å²) >= 11 is 9.80. The molecule has 0 bridgehead atoms. The SMILES string of the molecule is CCCNC(COC(C)C)c1cccc(Br)c1Cl. The third-order valence-corrected chi connectivity index (χ3v) is 3.90. The summed E-state index contributed by atoms with van der Waals surface area (Å²) < 4.78 is 6.64. The molecule has 0 heterocycles. The second-order valence-electron chi connectivity index (χ2n) is 4.53. The Balaban J connectivity index is 2.83. The van der Waals surface area contributed by atoms with Gasteiger partial charge in [-0.15, -0.1) is 0 Å². The zero-order chi connectivity index (χ0) is 13.5. The molecule has 1 aromatic rings. The molecule has 0 saturated heterocycles. The molecule has 1 rings (SSSR count). The Morgan fingerprint density at radius 1 is 1.39 bits per heavy atom. The van der Waals surface area contributed by atoms with Crippen molar-refractivity contribution < 1.29 is 4.74 Å². The number of hydrogen-bond donors (Lipinski definition) is 1. The van der Waals surface area contributed by atoms with Crippen molar-refractivity contribution in [1.29, 1.82) is 0 Å². The van der Waals surface area contributed by atoms with Gasteiger partial charge in [0.15, 0.2) is 0 Å². The predicted octanol–water partition coefficient (Wildman–Crippen LogP) is 4.57. The van der Waals surface area contributed by atoms with Crippen LogP contribution in [-0.4, -0.2) is 19.3 Å². The van der Waals surface area contributed by atoms with E-state index >= 15 is 0 Å². The fourth-order valence-corrected chi connectivity index (χ4v) is 2.29. The third kappa shape index (κ3) is 4.88. The van der Waals surface area contributed by atoms with E-state index in [0.29, 0.717) is 6.61 Å². The Morgan fingerprint density at radius 3 is 2.72 bits per heavy atom. The molecule has 1 aromatic carbocycles. The van der Waals surface area contributed by atoms with E-state index in [1.54, 1.807) is 0 Å². The smallest absolute Gasteiger partial charge is 0.0665 e. The van der Waals surface area contributed by atoms with E-state index in [4.69, 9.17) is 16.3 Å². The van der Waals surface area contributed by atoms with Gasteiger partial charge in [0.25, 0.3) is 0 Å². The fraction of sp³-hybridized carbons (Fsp3) is 0.571. The number of rotatable bonds is 7. The molecular weight excluding hydrogens is 314 g/mol. The second kappa shape index (κ2) is 8.16. The van der Waals surface area contributed by atoms with Gasteiger partial charge >= 0.3 is 0 Å². The van der Waals surface area contributed by atoms with Crippen LogP contribution in [0, 0.1) is 0 Å². The topological polar surface area (TPSA) is 21.3 Å². The number of nitrogens with one attached hydrogen (secondary N) is 1. The van der Waals surface area contributed by atoms with Crippen LogP contribution in [0.25, 0.3) is 0 Å². The molecule has 0 aliphatic carbocycles. The summed E-state index contributed by atoms with van der Waals surface area (Å²) in [6.45, 7) is 7.82. The molecule has 1 atom stereocenters. The lowest BCUT2D eigenvalue weighted by Gasteiger charge is -2.22. The molecular formula is C14H21BrClNO. The van der Waals surface area contributed by atoms with Gasteiger partial charge in [0.05, 0.1) is 23.8 Å². The van der Waals surface area contributed by atoms with Crippen molar-refractivity contribution in [3.63, 3.8) is 0 Å². The number of benzene rings is 1. The highest BCUT2D eigenvalue weighted by Gasteiger charge is 2.16. The molecule has 1 unspecified atom stereocenters. The molecule has 18 heavy (non-hydrogen) atoms. The molecule has 0 aliphatic rings. The van der Waals surface area contributed by atoms with Crippen molar-refractivity contribution in [2.45, 2.75) is 39.3 Å². The molecule has 0 radical (unpaired) electrons. The molecule has 1 N–H and O–H groups in total. The predicted molar refractivity (Wildman–Crippen MR) is 81.3 cm³/mol. The van der Waals surface area contributed by atoms with Gasteiger partial charge in [0, 0.05) is 4.47 Å². The van der Waals surface area contributed by atoms with Crippen molar-refractivity contribution in [2.75, 3.05) is 13.2 Å². The minimum atomic E-state index is 0.136. The number of halogens is 2. The highest BCUT2D eigenvalue weighted by atomic mass is 79.9. The quantitative estimate of drug-likeness (QED) is 0.788. The highest BCUT2D eigenvalue weighted by Crippen LogP contribution is 2.30. The Morgan fingerprint density at radius 2 is 2.11 bits per heavy atom. The van der Waals surface area contributed by atoms with E-state index in [0.717, 1.165) is 28.0 Å². The van der Waals surface area contributed by atoms with Gasteiger partial charge in [-0.3, -0.25) is 0 Å². The van der Waals surface area contributed by atoms with E-state index < -0.39 is 0 Å². The molecule has 4 heteroatoms. The maximum Gasteiger partial charge on any atom is 0.0665 e. The van der Waals surface area contributed by atoms with Crippen LogP contribution < -0.4 is 5.32 Å². The monoisotopic (exact) mass is 333 g/mol. The van der Waals surface area contributed by atoms with Crippen molar-refractivity contribution in [2.24, 2.45) is 0 Å². The molecule has 0 spiro atoms. The summed E-state index contributed by atoms with van der Waals surface area (Å²) in [6, 6.07) is 6.13. The van der Waals surface area contributed by atoms with E-state index in [-0.39, 0.29) is 12.1 Å². The Labute approximate surface area is 123 Å². The van der Waals surface area contributed by atoms with Crippen LogP contribution >= 0.6 is 27.5 Å². The van der Waals surface area contributed by atoms with E-state index in [9.17, 15) is 0 Å². The average Bonchev–Trinajstić information content (AvgIpc) is 2.33. The van der Waals surface area contributed by atoms with Crippen LogP contribution in [0.15, 0.2) is 22.7 Å². The summed E-state index contributed by atoms with van der Waals surface area (Å²) in [5.74, 6) is 0. The molecule has 0 aromatic heterocycles. The maximum atomic E-state index is 6.34. The van der Waals surface area contributed by atoms with Gasteiger partial charge in [-0.05, 0) is 54.4 Å². The molecule has 0 aliphatic heterocycles. The minimum absolute atomic E-state index is 0.136. The maximum absolute atomic E-state index is 6.34. The molecule has 0 saturated carbocycles. The first-order valence-corrected chi connectivity index (χ1v) is 7.52.